The molecule has 6 heteroatoms. The van der Waals surface area contributed by atoms with E-state index in [1.54, 1.807) is 7.11 Å². The van der Waals surface area contributed by atoms with E-state index in [1.807, 2.05) is 48.5 Å². The SMILES string of the molecule is COc1ccc(-c2[nH]c3ccccc3c2CCC(=O)NC2(C(=O)O)CC2)cc1. The van der Waals surface area contributed by atoms with Crippen LogP contribution >= 0.6 is 0 Å². The lowest BCUT2D eigenvalue weighted by Crippen LogP contribution is -2.43. The number of amides is 1. The van der Waals surface area contributed by atoms with Gasteiger partial charge in [-0.15, -0.1) is 0 Å². The minimum atomic E-state index is -1.05. The first-order chi connectivity index (χ1) is 13.5. The lowest BCUT2D eigenvalue weighted by atomic mass is 10.0. The second-order valence-corrected chi connectivity index (χ2v) is 7.19. The Kier molecular flexibility index (Phi) is 4.55. The number of fused-ring (bicyclic) bond motifs is 1. The number of aromatic amines is 1. The summed E-state index contributed by atoms with van der Waals surface area (Å²) in [5, 5.41) is 13.0. The number of carbonyl (C=O) groups is 2. The van der Waals surface area contributed by atoms with Gasteiger partial charge in [-0.25, -0.2) is 4.79 Å². The molecule has 144 valence electrons. The lowest BCUT2D eigenvalue weighted by Gasteiger charge is -2.12. The van der Waals surface area contributed by atoms with Crippen LogP contribution in [0.2, 0.25) is 0 Å². The van der Waals surface area contributed by atoms with Crippen LogP contribution in [0, 0.1) is 0 Å². The fourth-order valence-electron chi connectivity index (χ4n) is 3.55. The number of carbonyl (C=O) groups excluding carboxylic acids is 1. The zero-order valence-corrected chi connectivity index (χ0v) is 15.6. The largest absolute Gasteiger partial charge is 0.497 e. The van der Waals surface area contributed by atoms with Crippen molar-refractivity contribution in [3.8, 4) is 17.0 Å². The molecule has 1 saturated carbocycles. The predicted molar refractivity (Wildman–Crippen MR) is 106 cm³/mol. The Balaban J connectivity index is 1.60. The highest BCUT2D eigenvalue weighted by Crippen LogP contribution is 2.36. The Morgan fingerprint density at radius 3 is 2.50 bits per heavy atom. The molecule has 1 heterocycles. The van der Waals surface area contributed by atoms with Crippen molar-refractivity contribution in [1.82, 2.24) is 10.3 Å². The van der Waals surface area contributed by atoms with Gasteiger partial charge in [0.1, 0.15) is 11.3 Å². The van der Waals surface area contributed by atoms with Gasteiger partial charge in [-0.05, 0) is 60.7 Å². The molecule has 1 aromatic heterocycles. The maximum absolute atomic E-state index is 12.4. The van der Waals surface area contributed by atoms with E-state index in [0.717, 1.165) is 33.5 Å². The summed E-state index contributed by atoms with van der Waals surface area (Å²) in [6, 6.07) is 15.8. The Morgan fingerprint density at radius 2 is 1.86 bits per heavy atom. The molecule has 2 aromatic carbocycles. The molecule has 0 aliphatic heterocycles. The summed E-state index contributed by atoms with van der Waals surface area (Å²) >= 11 is 0. The van der Waals surface area contributed by atoms with Crippen molar-refractivity contribution < 1.29 is 19.4 Å². The summed E-state index contributed by atoms with van der Waals surface area (Å²) in [6.07, 6.45) is 1.75. The summed E-state index contributed by atoms with van der Waals surface area (Å²) in [4.78, 5) is 27.1. The molecule has 3 aromatic rings. The van der Waals surface area contributed by atoms with E-state index in [9.17, 15) is 14.7 Å². The summed E-state index contributed by atoms with van der Waals surface area (Å²) in [5.41, 5.74) is 2.99. The van der Waals surface area contributed by atoms with Crippen molar-refractivity contribution in [3.63, 3.8) is 0 Å². The zero-order valence-electron chi connectivity index (χ0n) is 15.6. The Hall–Kier alpha value is -3.28. The first-order valence-electron chi connectivity index (χ1n) is 9.31. The topological polar surface area (TPSA) is 91.4 Å². The monoisotopic (exact) mass is 378 g/mol. The second kappa shape index (κ2) is 7.03. The Morgan fingerprint density at radius 1 is 1.14 bits per heavy atom. The predicted octanol–water partition coefficient (Wildman–Crippen LogP) is 3.51. The van der Waals surface area contributed by atoms with Gasteiger partial charge in [0, 0.05) is 23.0 Å². The van der Waals surface area contributed by atoms with Crippen molar-refractivity contribution in [2.75, 3.05) is 7.11 Å². The average Bonchev–Trinajstić information content (AvgIpc) is 3.40. The average molecular weight is 378 g/mol. The van der Waals surface area contributed by atoms with Crippen molar-refractivity contribution in [3.05, 3.63) is 54.1 Å². The van der Waals surface area contributed by atoms with Crippen molar-refractivity contribution >= 4 is 22.8 Å². The van der Waals surface area contributed by atoms with Crippen molar-refractivity contribution in [2.24, 2.45) is 0 Å². The maximum Gasteiger partial charge on any atom is 0.329 e. The number of rotatable bonds is 7. The number of ether oxygens (including phenoxy) is 1. The molecule has 1 aliphatic rings. The number of aromatic nitrogens is 1. The fourth-order valence-corrected chi connectivity index (χ4v) is 3.55. The first-order valence-corrected chi connectivity index (χ1v) is 9.31. The van der Waals surface area contributed by atoms with E-state index in [2.05, 4.69) is 10.3 Å². The third kappa shape index (κ3) is 3.33. The Bertz CT molecular complexity index is 1030. The molecule has 3 N–H and O–H groups in total. The van der Waals surface area contributed by atoms with Gasteiger partial charge in [0.25, 0.3) is 0 Å². The normalized spacial score (nSPS) is 14.6. The van der Waals surface area contributed by atoms with Gasteiger partial charge in [-0.2, -0.15) is 0 Å². The van der Waals surface area contributed by atoms with E-state index in [1.165, 1.54) is 0 Å². The third-order valence-corrected chi connectivity index (χ3v) is 5.33. The number of aryl methyl sites for hydroxylation is 1. The van der Waals surface area contributed by atoms with Crippen LogP contribution in [0.3, 0.4) is 0 Å². The number of carboxylic acid groups (broad SMARTS) is 1. The van der Waals surface area contributed by atoms with E-state index in [0.29, 0.717) is 19.3 Å². The van der Waals surface area contributed by atoms with Gasteiger partial charge in [0.2, 0.25) is 5.91 Å². The second-order valence-electron chi connectivity index (χ2n) is 7.19. The summed E-state index contributed by atoms with van der Waals surface area (Å²) in [5.74, 6) is -0.401. The smallest absolute Gasteiger partial charge is 0.329 e. The molecule has 0 unspecified atom stereocenters. The summed E-state index contributed by atoms with van der Waals surface area (Å²) < 4.78 is 5.23. The molecule has 0 atom stereocenters. The molecule has 4 rings (SSSR count). The fraction of sp³-hybridized carbons (Fsp3) is 0.273. The van der Waals surface area contributed by atoms with E-state index in [4.69, 9.17) is 4.74 Å². The number of H-pyrrole nitrogens is 1. The number of carboxylic acids is 1. The van der Waals surface area contributed by atoms with Gasteiger partial charge >= 0.3 is 5.97 Å². The van der Waals surface area contributed by atoms with Crippen molar-refractivity contribution in [1.29, 1.82) is 0 Å². The van der Waals surface area contributed by atoms with Crippen LogP contribution in [-0.2, 0) is 16.0 Å². The molecule has 6 nitrogen and oxygen atoms in total. The van der Waals surface area contributed by atoms with Gasteiger partial charge < -0.3 is 20.1 Å². The minimum absolute atomic E-state index is 0.231. The highest BCUT2D eigenvalue weighted by atomic mass is 16.5. The molecule has 0 saturated heterocycles. The first kappa shape index (κ1) is 18.1. The van der Waals surface area contributed by atoms with Crippen LogP contribution in [0.4, 0.5) is 0 Å². The van der Waals surface area contributed by atoms with E-state index < -0.39 is 11.5 Å². The van der Waals surface area contributed by atoms with Gasteiger partial charge in [-0.3, -0.25) is 4.79 Å². The van der Waals surface area contributed by atoms with Crippen LogP contribution in [0.25, 0.3) is 22.2 Å². The summed E-state index contributed by atoms with van der Waals surface area (Å²) in [6.45, 7) is 0. The number of aliphatic carboxylic acids is 1. The molecule has 0 radical (unpaired) electrons. The van der Waals surface area contributed by atoms with Crippen LogP contribution < -0.4 is 10.1 Å². The van der Waals surface area contributed by atoms with Gasteiger partial charge in [0.05, 0.1) is 7.11 Å². The van der Waals surface area contributed by atoms with Gasteiger partial charge in [0.15, 0.2) is 0 Å². The number of methoxy groups -OCH3 is 1. The van der Waals surface area contributed by atoms with Crippen LogP contribution in [0.15, 0.2) is 48.5 Å². The minimum Gasteiger partial charge on any atom is -0.497 e. The number of benzene rings is 2. The number of nitrogens with one attached hydrogen (secondary N) is 2. The highest BCUT2D eigenvalue weighted by molar-refractivity contribution is 5.92. The molecule has 28 heavy (non-hydrogen) atoms. The van der Waals surface area contributed by atoms with E-state index >= 15 is 0 Å². The highest BCUT2D eigenvalue weighted by Gasteiger charge is 2.51. The molecule has 0 bridgehead atoms. The number of para-hydroxylation sites is 1. The van der Waals surface area contributed by atoms with Crippen LogP contribution in [0.1, 0.15) is 24.8 Å². The maximum atomic E-state index is 12.4. The lowest BCUT2D eigenvalue weighted by molar-refractivity contribution is -0.143. The molecular weight excluding hydrogens is 356 g/mol. The number of hydrogen-bond acceptors (Lipinski definition) is 3. The van der Waals surface area contributed by atoms with Crippen LogP contribution in [0.5, 0.6) is 5.75 Å². The molecule has 1 fully saturated rings. The zero-order chi connectivity index (χ0) is 19.7. The summed E-state index contributed by atoms with van der Waals surface area (Å²) in [7, 11) is 1.63. The Labute approximate surface area is 162 Å². The van der Waals surface area contributed by atoms with Gasteiger partial charge in [-0.1, -0.05) is 18.2 Å². The third-order valence-electron chi connectivity index (χ3n) is 5.33. The molecule has 0 spiro atoms. The number of hydrogen-bond donors (Lipinski definition) is 3. The molecular formula is C22H22N2O4. The van der Waals surface area contributed by atoms with Crippen molar-refractivity contribution in [2.45, 2.75) is 31.2 Å². The van der Waals surface area contributed by atoms with Crippen LogP contribution in [-0.4, -0.2) is 34.6 Å². The standard InChI is InChI=1S/C22H22N2O4/c1-28-15-8-6-14(7-9-15)20-17(16-4-2-3-5-18(16)23-20)10-11-19(25)24-22(12-13-22)21(26)27/h2-9,23H,10-13H2,1H3,(H,24,25)(H,26,27). The quantitative estimate of drug-likeness (QED) is 0.587. The van der Waals surface area contributed by atoms with E-state index in [-0.39, 0.29) is 12.3 Å². The molecule has 1 aliphatic carbocycles. The molecule has 1 amide bonds.